The Morgan fingerprint density at radius 2 is 2.08 bits per heavy atom. The van der Waals surface area contributed by atoms with E-state index in [1.165, 1.54) is 6.08 Å². The second-order valence-electron chi connectivity index (χ2n) is 4.17. The highest BCUT2D eigenvalue weighted by Gasteiger charge is 2.37. The molecule has 0 spiro atoms. The molecule has 3 nitrogen and oxygen atoms in total. The Morgan fingerprint density at radius 3 is 2.77 bits per heavy atom. The number of rotatable bonds is 0. The van der Waals surface area contributed by atoms with Crippen molar-refractivity contribution in [3.63, 3.8) is 0 Å². The quantitative estimate of drug-likeness (QED) is 0.517. The summed E-state index contributed by atoms with van der Waals surface area (Å²) in [6.45, 7) is 4.77. The van der Waals surface area contributed by atoms with Gasteiger partial charge in [0.25, 0.3) is 0 Å². The molecule has 0 fully saturated rings. The van der Waals surface area contributed by atoms with E-state index in [-0.39, 0.29) is 23.4 Å². The molecule has 0 saturated heterocycles. The van der Waals surface area contributed by atoms with Crippen LogP contribution in [0.2, 0.25) is 0 Å². The average molecular weight is 177 g/mol. The van der Waals surface area contributed by atoms with Crippen LogP contribution in [0.1, 0.15) is 20.3 Å². The predicted molar refractivity (Wildman–Crippen MR) is 48.8 cm³/mol. The maximum Gasteiger partial charge on any atom is 0.222 e. The zero-order valence-corrected chi connectivity index (χ0v) is 7.76. The van der Waals surface area contributed by atoms with E-state index in [0.29, 0.717) is 6.54 Å². The minimum absolute atomic E-state index is 0.0638. The van der Waals surface area contributed by atoms with Crippen LogP contribution in [0.25, 0.3) is 0 Å². The fraction of sp³-hybridized carbons (Fsp3) is 0.500. The third-order valence-corrected chi connectivity index (χ3v) is 2.58. The first-order valence-corrected chi connectivity index (χ1v) is 4.34. The second-order valence-corrected chi connectivity index (χ2v) is 4.17. The van der Waals surface area contributed by atoms with Crippen molar-refractivity contribution in [2.24, 2.45) is 10.4 Å². The molecular weight excluding hydrogens is 166 g/mol. The van der Waals surface area contributed by atoms with Gasteiger partial charge in [-0.15, -0.1) is 0 Å². The first-order chi connectivity index (χ1) is 6.00. The van der Waals surface area contributed by atoms with E-state index in [1.807, 2.05) is 13.8 Å². The Kier molecular flexibility index (Phi) is 1.53. The van der Waals surface area contributed by atoms with Crippen molar-refractivity contribution in [3.8, 4) is 0 Å². The van der Waals surface area contributed by atoms with Crippen molar-refractivity contribution in [2.75, 3.05) is 6.54 Å². The van der Waals surface area contributed by atoms with E-state index in [1.54, 1.807) is 0 Å². The summed E-state index contributed by atoms with van der Waals surface area (Å²) in [7, 11) is 0. The van der Waals surface area contributed by atoms with Crippen molar-refractivity contribution >= 4 is 17.3 Å². The Morgan fingerprint density at radius 1 is 1.38 bits per heavy atom. The lowest BCUT2D eigenvalue weighted by Crippen LogP contribution is -2.27. The van der Waals surface area contributed by atoms with Gasteiger partial charge in [0, 0.05) is 17.7 Å². The zero-order valence-electron chi connectivity index (χ0n) is 7.76. The highest BCUT2D eigenvalue weighted by molar-refractivity contribution is 6.48. The van der Waals surface area contributed by atoms with Gasteiger partial charge in [-0.1, -0.05) is 13.8 Å². The number of hydrogen-bond acceptors (Lipinski definition) is 3. The summed E-state index contributed by atoms with van der Waals surface area (Å²) in [6, 6.07) is 0. The standard InChI is InChI=1S/C10H11NO2/c1-10(2)5-11-7-4-9(13)8(12)3-6(7)10/h3H,4-5H2,1-2H3. The molecule has 1 heterocycles. The molecule has 3 heteroatoms. The number of hydrogen-bond donors (Lipinski definition) is 0. The van der Waals surface area contributed by atoms with Gasteiger partial charge in [0.05, 0.1) is 6.42 Å². The molecule has 1 aliphatic heterocycles. The number of carbonyl (C=O) groups is 2. The van der Waals surface area contributed by atoms with E-state index in [4.69, 9.17) is 0 Å². The summed E-state index contributed by atoms with van der Waals surface area (Å²) in [5, 5.41) is 0. The molecule has 0 N–H and O–H groups in total. The van der Waals surface area contributed by atoms with Crippen LogP contribution in [-0.2, 0) is 9.59 Å². The van der Waals surface area contributed by atoms with Crippen LogP contribution in [-0.4, -0.2) is 23.8 Å². The van der Waals surface area contributed by atoms with Gasteiger partial charge in [-0.25, -0.2) is 0 Å². The van der Waals surface area contributed by atoms with E-state index in [2.05, 4.69) is 4.99 Å². The van der Waals surface area contributed by atoms with Gasteiger partial charge in [-0.3, -0.25) is 14.6 Å². The molecule has 0 unspecified atom stereocenters. The summed E-state index contributed by atoms with van der Waals surface area (Å²) in [6.07, 6.45) is 1.66. The largest absolute Gasteiger partial charge is 0.290 e. The van der Waals surface area contributed by atoms with Crippen molar-refractivity contribution in [1.82, 2.24) is 0 Å². The first-order valence-electron chi connectivity index (χ1n) is 4.34. The predicted octanol–water partition coefficient (Wildman–Crippen LogP) is 0.935. The molecule has 0 saturated carbocycles. The second kappa shape index (κ2) is 2.37. The van der Waals surface area contributed by atoms with Crippen LogP contribution in [0.5, 0.6) is 0 Å². The average Bonchev–Trinajstić information content (AvgIpc) is 2.31. The normalized spacial score (nSPS) is 25.4. The van der Waals surface area contributed by atoms with Gasteiger partial charge in [0.15, 0.2) is 0 Å². The fourth-order valence-electron chi connectivity index (χ4n) is 1.73. The first kappa shape index (κ1) is 8.35. The molecule has 0 amide bonds. The summed E-state index contributed by atoms with van der Waals surface area (Å²) in [5.41, 5.74) is 1.71. The molecule has 0 bridgehead atoms. The van der Waals surface area contributed by atoms with Crippen molar-refractivity contribution in [1.29, 1.82) is 0 Å². The van der Waals surface area contributed by atoms with Gasteiger partial charge in [0.1, 0.15) is 0 Å². The molecule has 0 aromatic rings. The van der Waals surface area contributed by atoms with Gasteiger partial charge < -0.3 is 0 Å². The highest BCUT2D eigenvalue weighted by atomic mass is 16.2. The molecule has 1 aliphatic carbocycles. The van der Waals surface area contributed by atoms with E-state index < -0.39 is 0 Å². The number of Topliss-reactive ketones (excluding diaryl/α,β-unsaturated/α-hetero) is 1. The van der Waals surface area contributed by atoms with Crippen LogP contribution >= 0.6 is 0 Å². The third-order valence-electron chi connectivity index (χ3n) is 2.58. The molecule has 2 rings (SSSR count). The molecule has 0 aromatic heterocycles. The monoisotopic (exact) mass is 177 g/mol. The van der Waals surface area contributed by atoms with Crippen molar-refractivity contribution < 1.29 is 9.59 Å². The summed E-state index contributed by atoms with van der Waals surface area (Å²) in [4.78, 5) is 26.5. The minimum atomic E-state index is -0.371. The third kappa shape index (κ3) is 1.15. The van der Waals surface area contributed by atoms with Crippen molar-refractivity contribution in [2.45, 2.75) is 20.3 Å². The summed E-state index contributed by atoms with van der Waals surface area (Å²) >= 11 is 0. The van der Waals surface area contributed by atoms with Gasteiger partial charge in [-0.2, -0.15) is 0 Å². The molecule has 2 aliphatic rings. The SMILES string of the molecule is CC1(C)CN=C2CC(=O)C(=O)C=C21. The number of fused-ring (bicyclic) bond motifs is 1. The Hall–Kier alpha value is -1.25. The number of ketones is 2. The zero-order chi connectivity index (χ0) is 9.64. The molecule has 0 aromatic carbocycles. The van der Waals surface area contributed by atoms with Crippen LogP contribution in [0.4, 0.5) is 0 Å². The Labute approximate surface area is 76.5 Å². The fourth-order valence-corrected chi connectivity index (χ4v) is 1.73. The number of nitrogens with zero attached hydrogens (tertiary/aromatic N) is 1. The molecule has 68 valence electrons. The molecule has 13 heavy (non-hydrogen) atoms. The van der Waals surface area contributed by atoms with Crippen LogP contribution in [0, 0.1) is 5.41 Å². The van der Waals surface area contributed by atoms with E-state index in [9.17, 15) is 9.59 Å². The lowest BCUT2D eigenvalue weighted by Gasteiger charge is -2.21. The van der Waals surface area contributed by atoms with E-state index in [0.717, 1.165) is 11.3 Å². The van der Waals surface area contributed by atoms with Crippen LogP contribution in [0.15, 0.2) is 16.6 Å². The van der Waals surface area contributed by atoms with Gasteiger partial charge >= 0.3 is 0 Å². The summed E-state index contributed by atoms with van der Waals surface area (Å²) in [5.74, 6) is -0.705. The van der Waals surface area contributed by atoms with E-state index >= 15 is 0 Å². The van der Waals surface area contributed by atoms with Crippen molar-refractivity contribution in [3.05, 3.63) is 11.6 Å². The maximum atomic E-state index is 11.1. The number of allylic oxidation sites excluding steroid dienone is 1. The number of aliphatic imine (C=N–C) groups is 1. The highest BCUT2D eigenvalue weighted by Crippen LogP contribution is 2.35. The lowest BCUT2D eigenvalue weighted by molar-refractivity contribution is -0.133. The summed E-state index contributed by atoms with van der Waals surface area (Å²) < 4.78 is 0. The maximum absolute atomic E-state index is 11.1. The molecule has 0 radical (unpaired) electrons. The Balaban J connectivity index is 2.48. The van der Waals surface area contributed by atoms with Crippen LogP contribution in [0.3, 0.4) is 0 Å². The molecule has 0 atom stereocenters. The van der Waals surface area contributed by atoms with Crippen LogP contribution < -0.4 is 0 Å². The number of carbonyl (C=O) groups excluding carboxylic acids is 2. The minimum Gasteiger partial charge on any atom is -0.290 e. The Bertz CT molecular complexity index is 361. The smallest absolute Gasteiger partial charge is 0.222 e. The molecular formula is C10H11NO2. The lowest BCUT2D eigenvalue weighted by atomic mass is 9.80. The topological polar surface area (TPSA) is 46.5 Å². The van der Waals surface area contributed by atoms with Gasteiger partial charge in [-0.05, 0) is 11.6 Å². The van der Waals surface area contributed by atoms with Gasteiger partial charge in [0.2, 0.25) is 11.6 Å².